The van der Waals surface area contributed by atoms with Crippen LogP contribution in [0.2, 0.25) is 4.34 Å². The van der Waals surface area contributed by atoms with Gasteiger partial charge in [-0.25, -0.2) is 8.42 Å². The zero-order valence-electron chi connectivity index (χ0n) is 11.6. The van der Waals surface area contributed by atoms with Crippen LogP contribution in [-0.4, -0.2) is 27.4 Å². The van der Waals surface area contributed by atoms with E-state index in [1.807, 2.05) is 0 Å². The first-order valence-corrected chi connectivity index (χ1v) is 8.63. The van der Waals surface area contributed by atoms with E-state index >= 15 is 0 Å². The van der Waals surface area contributed by atoms with E-state index < -0.39 is 25.5 Å². The Morgan fingerprint density at radius 3 is 2.36 bits per heavy atom. The van der Waals surface area contributed by atoms with Crippen molar-refractivity contribution in [3.63, 3.8) is 0 Å². The zero-order valence-corrected chi connectivity index (χ0v) is 14.0. The number of anilines is 2. The quantitative estimate of drug-likeness (QED) is 0.652. The number of halogens is 1. The molecule has 10 heteroatoms. The molecule has 0 aliphatic carbocycles. The number of sulfonamides is 1. The fraction of sp³-hybridized carbons (Fsp3) is 0.167. The molecule has 0 saturated heterocycles. The second-order valence-corrected chi connectivity index (χ2v) is 7.70. The smallest absolute Gasteiger partial charge is 0.325 e. The summed E-state index contributed by atoms with van der Waals surface area (Å²) in [4.78, 5) is 11.5. The molecular formula is C12H12ClN3O4S2. The van der Waals surface area contributed by atoms with E-state index in [0.717, 1.165) is 11.3 Å². The maximum absolute atomic E-state index is 12.5. The Bertz CT molecular complexity index is 803. The number of rotatable bonds is 5. The molecule has 0 saturated carbocycles. The van der Waals surface area contributed by atoms with Crippen molar-refractivity contribution in [1.82, 2.24) is 0 Å². The molecule has 0 radical (unpaired) electrons. The van der Waals surface area contributed by atoms with E-state index in [-0.39, 0.29) is 9.34 Å². The van der Waals surface area contributed by atoms with E-state index in [2.05, 4.69) is 4.72 Å². The summed E-state index contributed by atoms with van der Waals surface area (Å²) in [6.45, 7) is 0. The highest BCUT2D eigenvalue weighted by molar-refractivity contribution is 7.93. The van der Waals surface area contributed by atoms with Crippen molar-refractivity contribution in [1.29, 1.82) is 0 Å². The molecule has 0 spiro atoms. The summed E-state index contributed by atoms with van der Waals surface area (Å²) in [6.07, 6.45) is 0. The molecule has 0 aliphatic rings. The third kappa shape index (κ3) is 3.16. The van der Waals surface area contributed by atoms with Gasteiger partial charge >= 0.3 is 5.69 Å². The molecule has 22 heavy (non-hydrogen) atoms. The summed E-state index contributed by atoms with van der Waals surface area (Å²) in [5.41, 5.74) is -0.228. The number of nitrogens with one attached hydrogen (secondary N) is 1. The average molecular weight is 362 g/mol. The van der Waals surface area contributed by atoms with Crippen LogP contribution in [0, 0.1) is 10.1 Å². The molecule has 0 bridgehead atoms. The Morgan fingerprint density at radius 2 is 1.86 bits per heavy atom. The van der Waals surface area contributed by atoms with Crippen molar-refractivity contribution in [2.45, 2.75) is 4.90 Å². The number of hydrogen-bond donors (Lipinski definition) is 1. The number of para-hydroxylation sites is 1. The average Bonchev–Trinajstić information content (AvgIpc) is 2.78. The van der Waals surface area contributed by atoms with E-state index in [4.69, 9.17) is 11.6 Å². The van der Waals surface area contributed by atoms with Gasteiger partial charge in [-0.3, -0.25) is 14.8 Å². The molecule has 118 valence electrons. The van der Waals surface area contributed by atoms with Crippen LogP contribution < -0.4 is 9.62 Å². The lowest BCUT2D eigenvalue weighted by molar-refractivity contribution is -0.386. The van der Waals surface area contributed by atoms with Gasteiger partial charge in [0, 0.05) is 19.8 Å². The van der Waals surface area contributed by atoms with E-state index in [1.165, 1.54) is 17.0 Å². The fourth-order valence-corrected chi connectivity index (χ4v) is 4.91. The Hall–Kier alpha value is -1.84. The molecule has 1 aromatic carbocycles. The van der Waals surface area contributed by atoms with Crippen molar-refractivity contribution in [2.75, 3.05) is 23.7 Å². The van der Waals surface area contributed by atoms with Crippen molar-refractivity contribution in [3.05, 3.63) is 44.8 Å². The summed E-state index contributed by atoms with van der Waals surface area (Å²) in [7, 11) is -1.01. The van der Waals surface area contributed by atoms with Gasteiger partial charge in [0.1, 0.15) is 4.34 Å². The number of hydrogen-bond acceptors (Lipinski definition) is 6. The van der Waals surface area contributed by atoms with E-state index in [9.17, 15) is 18.5 Å². The lowest BCUT2D eigenvalue weighted by Crippen LogP contribution is -2.15. The minimum Gasteiger partial charge on any atom is -0.364 e. The molecule has 0 atom stereocenters. The molecule has 1 N–H and O–H groups in total. The van der Waals surface area contributed by atoms with Gasteiger partial charge in [0.15, 0.2) is 9.90 Å². The maximum Gasteiger partial charge on any atom is 0.325 e. The number of nitrogens with zero attached hydrogens (tertiary/aromatic N) is 2. The topological polar surface area (TPSA) is 92.6 Å². The molecule has 7 nitrogen and oxygen atoms in total. The fourth-order valence-electron chi connectivity index (χ4n) is 1.78. The van der Waals surface area contributed by atoms with Crippen molar-refractivity contribution < 1.29 is 13.3 Å². The molecule has 2 rings (SSSR count). The minimum atomic E-state index is -4.17. The molecule has 0 fully saturated rings. The van der Waals surface area contributed by atoms with Crippen LogP contribution in [0.5, 0.6) is 0 Å². The summed E-state index contributed by atoms with van der Waals surface area (Å²) < 4.78 is 27.1. The van der Waals surface area contributed by atoms with E-state index in [1.54, 1.807) is 32.3 Å². The largest absolute Gasteiger partial charge is 0.364 e. The van der Waals surface area contributed by atoms with Crippen LogP contribution in [0.1, 0.15) is 0 Å². The highest BCUT2D eigenvalue weighted by atomic mass is 35.5. The predicted octanol–water partition coefficient (Wildman–Crippen LogP) is 3.18. The summed E-state index contributed by atoms with van der Waals surface area (Å²) in [5.74, 6) is 0. The van der Waals surface area contributed by atoms with Gasteiger partial charge in [0.05, 0.1) is 4.92 Å². The SMILES string of the molecule is CN(C)c1sc(Cl)c(S(=O)(=O)Nc2ccccc2)c1[N+](=O)[O-]. The molecule has 0 aliphatic heterocycles. The Morgan fingerprint density at radius 1 is 1.27 bits per heavy atom. The first-order valence-electron chi connectivity index (χ1n) is 5.96. The van der Waals surface area contributed by atoms with Gasteiger partial charge in [-0.1, -0.05) is 41.1 Å². The van der Waals surface area contributed by atoms with Gasteiger partial charge in [0.25, 0.3) is 10.0 Å². The highest BCUT2D eigenvalue weighted by Gasteiger charge is 2.36. The number of nitro groups is 1. The molecule has 1 heterocycles. The summed E-state index contributed by atoms with van der Waals surface area (Å²) in [5, 5.41) is 11.5. The van der Waals surface area contributed by atoms with Gasteiger partial charge in [-0.05, 0) is 12.1 Å². The summed E-state index contributed by atoms with van der Waals surface area (Å²) >= 11 is 6.80. The Labute approximate surface area is 136 Å². The standard InChI is InChI=1S/C12H12ClN3O4S2/c1-15(2)12-9(16(17)18)10(11(13)21-12)22(19,20)14-8-6-4-3-5-7-8/h3-7,14H,1-2H3. The molecule has 1 aromatic heterocycles. The van der Waals surface area contributed by atoms with Crippen LogP contribution in [0.3, 0.4) is 0 Å². The van der Waals surface area contributed by atoms with Crippen LogP contribution in [0.25, 0.3) is 0 Å². The van der Waals surface area contributed by atoms with Crippen molar-refractivity contribution in [3.8, 4) is 0 Å². The Kier molecular flexibility index (Phi) is 4.59. The van der Waals surface area contributed by atoms with Crippen LogP contribution in [-0.2, 0) is 10.0 Å². The predicted molar refractivity (Wildman–Crippen MR) is 87.6 cm³/mol. The van der Waals surface area contributed by atoms with Gasteiger partial charge in [-0.2, -0.15) is 0 Å². The molecule has 0 amide bonds. The third-order valence-electron chi connectivity index (χ3n) is 2.67. The van der Waals surface area contributed by atoms with E-state index in [0.29, 0.717) is 5.69 Å². The van der Waals surface area contributed by atoms with Crippen LogP contribution in [0.4, 0.5) is 16.4 Å². The van der Waals surface area contributed by atoms with Crippen LogP contribution >= 0.6 is 22.9 Å². The lowest BCUT2D eigenvalue weighted by atomic mass is 10.3. The summed E-state index contributed by atoms with van der Waals surface area (Å²) in [6, 6.07) is 8.09. The number of thiophene rings is 1. The second-order valence-electron chi connectivity index (χ2n) is 4.48. The second kappa shape index (κ2) is 6.11. The lowest BCUT2D eigenvalue weighted by Gasteiger charge is -2.09. The first-order chi connectivity index (χ1) is 10.2. The highest BCUT2D eigenvalue weighted by Crippen LogP contribution is 2.47. The first kappa shape index (κ1) is 16.5. The normalized spacial score (nSPS) is 11.2. The van der Waals surface area contributed by atoms with Crippen molar-refractivity contribution >= 4 is 49.3 Å². The molecule has 2 aromatic rings. The van der Waals surface area contributed by atoms with Crippen molar-refractivity contribution in [2.24, 2.45) is 0 Å². The molecular weight excluding hydrogens is 350 g/mol. The van der Waals surface area contributed by atoms with Gasteiger partial charge in [0.2, 0.25) is 0 Å². The third-order valence-corrected chi connectivity index (χ3v) is 5.90. The van der Waals surface area contributed by atoms with Crippen LogP contribution in [0.15, 0.2) is 35.2 Å². The number of benzene rings is 1. The zero-order chi connectivity index (χ0) is 16.5. The minimum absolute atomic E-state index is 0.154. The maximum atomic E-state index is 12.5. The molecule has 0 unspecified atom stereocenters. The monoisotopic (exact) mass is 361 g/mol. The van der Waals surface area contributed by atoms with Gasteiger partial charge < -0.3 is 4.90 Å². The Balaban J connectivity index is 2.58. The van der Waals surface area contributed by atoms with Gasteiger partial charge in [-0.15, -0.1) is 0 Å².